The summed E-state index contributed by atoms with van der Waals surface area (Å²) >= 11 is 14.1. The molecular weight excluding hydrogens is 365 g/mol. The fourth-order valence-electron chi connectivity index (χ4n) is 2.81. The van der Waals surface area contributed by atoms with E-state index in [1.165, 1.54) is 11.8 Å². The Kier molecular flexibility index (Phi) is 4.03. The van der Waals surface area contributed by atoms with E-state index in [9.17, 15) is 4.79 Å². The summed E-state index contributed by atoms with van der Waals surface area (Å²) in [5, 5.41) is 2.39. The second-order valence-electron chi connectivity index (χ2n) is 5.70. The van der Waals surface area contributed by atoms with Crippen LogP contribution in [0.25, 0.3) is 22.2 Å². The highest BCUT2D eigenvalue weighted by atomic mass is 35.5. The molecule has 0 bridgehead atoms. The molecular formula is C17H13Cl2N3OS. The molecule has 0 atom stereocenters. The standard InChI is InChI=1S/C17H13Cl2N3OS/c1-24-17-20-8-9-7-11(14-12(18)3-2-4-13(14)19)16(23)22(10-5-6-10)15(9)21-17/h2-4,7-8,10H,5-6H2,1H3. The number of pyridine rings is 1. The Bertz CT molecular complexity index is 994. The van der Waals surface area contributed by atoms with Gasteiger partial charge in [0.05, 0.1) is 15.6 Å². The molecule has 0 aliphatic heterocycles. The van der Waals surface area contributed by atoms with Gasteiger partial charge in [0.25, 0.3) is 5.56 Å². The SMILES string of the molecule is CSc1ncc2cc(-c3c(Cl)cccc3Cl)c(=O)n(C3CC3)c2n1. The maximum atomic E-state index is 13.1. The van der Waals surface area contributed by atoms with Gasteiger partial charge in [-0.25, -0.2) is 9.97 Å². The Hall–Kier alpha value is -1.56. The number of halogens is 2. The third-order valence-electron chi connectivity index (χ3n) is 4.08. The van der Waals surface area contributed by atoms with Crippen LogP contribution in [0.1, 0.15) is 18.9 Å². The Morgan fingerprint density at radius 3 is 2.58 bits per heavy atom. The van der Waals surface area contributed by atoms with E-state index >= 15 is 0 Å². The second kappa shape index (κ2) is 6.06. The summed E-state index contributed by atoms with van der Waals surface area (Å²) < 4.78 is 1.77. The first kappa shape index (κ1) is 15.9. The molecule has 4 nitrogen and oxygen atoms in total. The number of hydrogen-bond donors (Lipinski definition) is 0. The minimum absolute atomic E-state index is 0.106. The Morgan fingerprint density at radius 2 is 1.96 bits per heavy atom. The smallest absolute Gasteiger partial charge is 0.260 e. The monoisotopic (exact) mass is 377 g/mol. The van der Waals surface area contributed by atoms with Gasteiger partial charge in [0.2, 0.25) is 0 Å². The molecule has 3 aromatic rings. The van der Waals surface area contributed by atoms with Gasteiger partial charge in [-0.2, -0.15) is 0 Å². The van der Waals surface area contributed by atoms with Crippen LogP contribution in [0.3, 0.4) is 0 Å². The van der Waals surface area contributed by atoms with Crippen LogP contribution >= 0.6 is 35.0 Å². The minimum atomic E-state index is -0.106. The highest BCUT2D eigenvalue weighted by Gasteiger charge is 2.29. The van der Waals surface area contributed by atoms with Gasteiger partial charge in [0.1, 0.15) is 5.65 Å². The third kappa shape index (κ3) is 2.61. The number of rotatable bonds is 3. The third-order valence-corrected chi connectivity index (χ3v) is 5.27. The second-order valence-corrected chi connectivity index (χ2v) is 7.28. The van der Waals surface area contributed by atoms with Crippen LogP contribution in [-0.2, 0) is 0 Å². The lowest BCUT2D eigenvalue weighted by Crippen LogP contribution is -2.22. The zero-order valence-electron chi connectivity index (χ0n) is 12.8. The average Bonchev–Trinajstić information content (AvgIpc) is 3.39. The molecule has 1 aromatic carbocycles. The number of thioether (sulfide) groups is 1. The van der Waals surface area contributed by atoms with E-state index < -0.39 is 0 Å². The Balaban J connectivity index is 2.08. The maximum absolute atomic E-state index is 13.1. The zero-order valence-corrected chi connectivity index (χ0v) is 15.1. The molecule has 1 saturated carbocycles. The van der Waals surface area contributed by atoms with Crippen LogP contribution in [0.5, 0.6) is 0 Å². The van der Waals surface area contributed by atoms with Crippen molar-refractivity contribution in [1.82, 2.24) is 14.5 Å². The van der Waals surface area contributed by atoms with Crippen LogP contribution in [0, 0.1) is 0 Å². The van der Waals surface area contributed by atoms with Gasteiger partial charge < -0.3 is 0 Å². The van der Waals surface area contributed by atoms with E-state index in [2.05, 4.69) is 9.97 Å². The molecule has 1 aliphatic carbocycles. The van der Waals surface area contributed by atoms with Gasteiger partial charge in [0.15, 0.2) is 5.16 Å². The van der Waals surface area contributed by atoms with E-state index in [0.29, 0.717) is 32.0 Å². The van der Waals surface area contributed by atoms with Crippen LogP contribution in [-0.4, -0.2) is 20.8 Å². The highest BCUT2D eigenvalue weighted by molar-refractivity contribution is 7.98. The summed E-state index contributed by atoms with van der Waals surface area (Å²) in [5.41, 5.74) is 1.63. The molecule has 1 fully saturated rings. The van der Waals surface area contributed by atoms with Gasteiger partial charge in [-0.05, 0) is 37.3 Å². The summed E-state index contributed by atoms with van der Waals surface area (Å²) in [6, 6.07) is 7.21. The van der Waals surface area contributed by atoms with Crippen molar-refractivity contribution >= 4 is 46.0 Å². The lowest BCUT2D eigenvalue weighted by molar-refractivity contribution is 0.724. The van der Waals surface area contributed by atoms with Crippen molar-refractivity contribution in [3.05, 3.63) is 50.9 Å². The number of fused-ring (bicyclic) bond motifs is 1. The first-order valence-corrected chi connectivity index (χ1v) is 9.49. The molecule has 4 rings (SSSR count). The van der Waals surface area contributed by atoms with Crippen molar-refractivity contribution in [3.8, 4) is 11.1 Å². The zero-order chi connectivity index (χ0) is 16.8. The predicted molar refractivity (Wildman–Crippen MR) is 99.3 cm³/mol. The van der Waals surface area contributed by atoms with Gasteiger partial charge in [-0.3, -0.25) is 9.36 Å². The molecule has 2 heterocycles. The number of nitrogens with zero attached hydrogens (tertiary/aromatic N) is 3. The van der Waals surface area contributed by atoms with Crippen molar-refractivity contribution in [2.24, 2.45) is 0 Å². The molecule has 0 N–H and O–H groups in total. The minimum Gasteiger partial charge on any atom is -0.289 e. The van der Waals surface area contributed by atoms with Crippen LogP contribution in [0.15, 0.2) is 40.4 Å². The predicted octanol–water partition coefficient (Wildman–Crippen LogP) is 4.82. The first-order chi connectivity index (χ1) is 11.6. The first-order valence-electron chi connectivity index (χ1n) is 7.51. The molecule has 24 heavy (non-hydrogen) atoms. The van der Waals surface area contributed by atoms with Crippen molar-refractivity contribution < 1.29 is 0 Å². The number of benzene rings is 1. The summed E-state index contributed by atoms with van der Waals surface area (Å²) in [5.74, 6) is 0. The van der Waals surface area contributed by atoms with E-state index in [1.54, 1.807) is 35.0 Å². The fourth-order valence-corrected chi connectivity index (χ4v) is 3.75. The molecule has 0 radical (unpaired) electrons. The van der Waals surface area contributed by atoms with Gasteiger partial charge in [-0.15, -0.1) is 0 Å². The average molecular weight is 378 g/mol. The number of aromatic nitrogens is 3. The van der Waals surface area contributed by atoms with E-state index in [4.69, 9.17) is 23.2 Å². The molecule has 122 valence electrons. The normalized spacial score (nSPS) is 14.3. The summed E-state index contributed by atoms with van der Waals surface area (Å²) in [6.07, 6.45) is 5.62. The van der Waals surface area contributed by atoms with Gasteiger partial charge in [-0.1, -0.05) is 41.0 Å². The van der Waals surface area contributed by atoms with Gasteiger partial charge >= 0.3 is 0 Å². The summed E-state index contributed by atoms with van der Waals surface area (Å²) in [7, 11) is 0. The quantitative estimate of drug-likeness (QED) is 0.484. The fraction of sp³-hybridized carbons (Fsp3) is 0.235. The van der Waals surface area contributed by atoms with Crippen LogP contribution in [0.2, 0.25) is 10.0 Å². The van der Waals surface area contributed by atoms with Gasteiger partial charge in [0, 0.05) is 23.2 Å². The molecule has 0 amide bonds. The molecule has 2 aromatic heterocycles. The van der Waals surface area contributed by atoms with E-state index in [0.717, 1.165) is 18.2 Å². The maximum Gasteiger partial charge on any atom is 0.260 e. The van der Waals surface area contributed by atoms with Crippen molar-refractivity contribution in [3.63, 3.8) is 0 Å². The lowest BCUT2D eigenvalue weighted by Gasteiger charge is -2.13. The molecule has 0 saturated heterocycles. The molecule has 0 unspecified atom stereocenters. The lowest BCUT2D eigenvalue weighted by atomic mass is 10.1. The molecule has 0 spiro atoms. The van der Waals surface area contributed by atoms with Crippen molar-refractivity contribution in [1.29, 1.82) is 0 Å². The van der Waals surface area contributed by atoms with Crippen LogP contribution < -0.4 is 5.56 Å². The van der Waals surface area contributed by atoms with E-state index in [1.807, 2.05) is 6.26 Å². The van der Waals surface area contributed by atoms with Crippen LogP contribution in [0.4, 0.5) is 0 Å². The summed E-state index contributed by atoms with van der Waals surface area (Å²) in [6.45, 7) is 0. The highest BCUT2D eigenvalue weighted by Crippen LogP contribution is 2.38. The largest absolute Gasteiger partial charge is 0.289 e. The topological polar surface area (TPSA) is 47.8 Å². The van der Waals surface area contributed by atoms with E-state index in [-0.39, 0.29) is 11.6 Å². The number of hydrogen-bond acceptors (Lipinski definition) is 4. The molecule has 7 heteroatoms. The Labute approximate surface area is 152 Å². The Morgan fingerprint density at radius 1 is 1.25 bits per heavy atom. The summed E-state index contributed by atoms with van der Waals surface area (Å²) in [4.78, 5) is 22.0. The molecule has 1 aliphatic rings. The van der Waals surface area contributed by atoms with Crippen molar-refractivity contribution in [2.45, 2.75) is 24.0 Å². The van der Waals surface area contributed by atoms with Crippen molar-refractivity contribution in [2.75, 3.05) is 6.26 Å².